The van der Waals surface area contributed by atoms with Gasteiger partial charge in [-0.3, -0.25) is 0 Å². The van der Waals surface area contributed by atoms with Crippen LogP contribution in [0, 0.1) is 0 Å². The van der Waals surface area contributed by atoms with Gasteiger partial charge in [-0.25, -0.2) is 0 Å². The fourth-order valence-corrected chi connectivity index (χ4v) is 2.35. The van der Waals surface area contributed by atoms with Crippen LogP contribution in [0.2, 0.25) is 0 Å². The molecule has 88 valence electrons. The van der Waals surface area contributed by atoms with E-state index in [4.69, 9.17) is 14.2 Å². The molecule has 1 saturated heterocycles. The Morgan fingerprint density at radius 2 is 2.33 bits per heavy atom. The van der Waals surface area contributed by atoms with Gasteiger partial charge in [0.05, 0.1) is 24.9 Å². The molecule has 1 heterocycles. The van der Waals surface area contributed by atoms with Gasteiger partial charge in [-0.2, -0.15) is 0 Å². The van der Waals surface area contributed by atoms with Crippen LogP contribution >= 0.6 is 0 Å². The monoisotopic (exact) mass is 215 g/mol. The van der Waals surface area contributed by atoms with Crippen LogP contribution in [0.25, 0.3) is 0 Å². The summed E-state index contributed by atoms with van der Waals surface area (Å²) in [5.41, 5.74) is 0. The molecule has 15 heavy (non-hydrogen) atoms. The SMILES string of the molecule is CNC1CC(OCC2CCCO2)C1OC. The lowest BCUT2D eigenvalue weighted by atomic mass is 9.85. The van der Waals surface area contributed by atoms with E-state index >= 15 is 0 Å². The van der Waals surface area contributed by atoms with Gasteiger partial charge in [-0.1, -0.05) is 0 Å². The molecule has 4 nitrogen and oxygen atoms in total. The summed E-state index contributed by atoms with van der Waals surface area (Å²) in [6.07, 6.45) is 4.12. The summed E-state index contributed by atoms with van der Waals surface area (Å²) in [5.74, 6) is 0. The van der Waals surface area contributed by atoms with Crippen LogP contribution in [-0.2, 0) is 14.2 Å². The van der Waals surface area contributed by atoms with Crippen molar-refractivity contribution >= 4 is 0 Å². The Bertz CT molecular complexity index is 194. The van der Waals surface area contributed by atoms with E-state index in [2.05, 4.69) is 5.32 Å². The zero-order valence-corrected chi connectivity index (χ0v) is 9.57. The number of nitrogens with one attached hydrogen (secondary N) is 1. The molecule has 0 aromatic heterocycles. The Kier molecular flexibility index (Phi) is 3.97. The highest BCUT2D eigenvalue weighted by atomic mass is 16.6. The summed E-state index contributed by atoms with van der Waals surface area (Å²) in [6, 6.07) is 0.449. The number of ether oxygens (including phenoxy) is 3. The lowest BCUT2D eigenvalue weighted by Crippen LogP contribution is -2.59. The van der Waals surface area contributed by atoms with Crippen molar-refractivity contribution in [3.05, 3.63) is 0 Å². The van der Waals surface area contributed by atoms with Gasteiger partial charge >= 0.3 is 0 Å². The van der Waals surface area contributed by atoms with E-state index in [1.54, 1.807) is 7.11 Å². The highest BCUT2D eigenvalue weighted by Gasteiger charge is 2.41. The second kappa shape index (κ2) is 5.25. The first kappa shape index (κ1) is 11.3. The fraction of sp³-hybridized carbons (Fsp3) is 1.00. The summed E-state index contributed by atoms with van der Waals surface area (Å²) in [7, 11) is 3.71. The molecule has 4 heteroatoms. The molecule has 2 rings (SSSR count). The van der Waals surface area contributed by atoms with E-state index in [1.165, 1.54) is 6.42 Å². The van der Waals surface area contributed by atoms with E-state index in [9.17, 15) is 0 Å². The molecule has 0 radical (unpaired) electrons. The van der Waals surface area contributed by atoms with Crippen molar-refractivity contribution in [2.45, 2.75) is 43.6 Å². The van der Waals surface area contributed by atoms with Crippen LogP contribution in [-0.4, -0.2) is 51.7 Å². The molecule has 1 aliphatic heterocycles. The van der Waals surface area contributed by atoms with E-state index in [-0.39, 0.29) is 12.2 Å². The summed E-state index contributed by atoms with van der Waals surface area (Å²) in [6.45, 7) is 1.62. The zero-order valence-electron chi connectivity index (χ0n) is 9.57. The van der Waals surface area contributed by atoms with Gasteiger partial charge in [-0.05, 0) is 26.3 Å². The minimum atomic E-state index is 0.205. The first-order chi connectivity index (χ1) is 7.35. The molecule has 2 fully saturated rings. The Labute approximate surface area is 91.3 Å². The average molecular weight is 215 g/mol. The highest BCUT2D eigenvalue weighted by Crippen LogP contribution is 2.27. The van der Waals surface area contributed by atoms with E-state index in [0.717, 1.165) is 26.1 Å². The normalized spacial score (nSPS) is 40.4. The quantitative estimate of drug-likeness (QED) is 0.727. The Hall–Kier alpha value is -0.160. The first-order valence-corrected chi connectivity index (χ1v) is 5.78. The third-order valence-corrected chi connectivity index (χ3v) is 3.41. The summed E-state index contributed by atoms with van der Waals surface area (Å²) >= 11 is 0. The van der Waals surface area contributed by atoms with Gasteiger partial charge in [0.25, 0.3) is 0 Å². The maximum atomic E-state index is 5.81. The van der Waals surface area contributed by atoms with Crippen LogP contribution in [0.15, 0.2) is 0 Å². The highest BCUT2D eigenvalue weighted by molar-refractivity contribution is 4.96. The second-order valence-electron chi connectivity index (χ2n) is 4.34. The number of methoxy groups -OCH3 is 1. The van der Waals surface area contributed by atoms with Crippen molar-refractivity contribution in [3.63, 3.8) is 0 Å². The molecule has 0 aromatic rings. The first-order valence-electron chi connectivity index (χ1n) is 5.78. The van der Waals surface area contributed by atoms with Crippen molar-refractivity contribution in [1.29, 1.82) is 0 Å². The fourth-order valence-electron chi connectivity index (χ4n) is 2.35. The van der Waals surface area contributed by atoms with E-state index < -0.39 is 0 Å². The maximum absolute atomic E-state index is 5.81. The summed E-state index contributed by atoms with van der Waals surface area (Å²) in [5, 5.41) is 3.22. The van der Waals surface area contributed by atoms with E-state index in [0.29, 0.717) is 12.1 Å². The van der Waals surface area contributed by atoms with Crippen LogP contribution < -0.4 is 5.32 Å². The van der Waals surface area contributed by atoms with Gasteiger partial charge in [0.15, 0.2) is 0 Å². The average Bonchev–Trinajstić information content (AvgIpc) is 2.70. The van der Waals surface area contributed by atoms with Gasteiger partial charge in [0.1, 0.15) is 0 Å². The van der Waals surface area contributed by atoms with Gasteiger partial charge < -0.3 is 19.5 Å². The van der Waals surface area contributed by atoms with Crippen molar-refractivity contribution in [2.75, 3.05) is 27.4 Å². The van der Waals surface area contributed by atoms with Gasteiger partial charge in [0.2, 0.25) is 0 Å². The molecule has 0 bridgehead atoms. The molecular formula is C11H21NO3. The Balaban J connectivity index is 1.67. The minimum Gasteiger partial charge on any atom is -0.377 e. The minimum absolute atomic E-state index is 0.205. The molecule has 1 N–H and O–H groups in total. The van der Waals surface area contributed by atoms with Crippen LogP contribution in [0.3, 0.4) is 0 Å². The predicted octanol–water partition coefficient (Wildman–Crippen LogP) is 0.557. The van der Waals surface area contributed by atoms with Crippen molar-refractivity contribution in [2.24, 2.45) is 0 Å². The van der Waals surface area contributed by atoms with Crippen LogP contribution in [0.5, 0.6) is 0 Å². The molecule has 4 atom stereocenters. The number of hydrogen-bond acceptors (Lipinski definition) is 4. The maximum Gasteiger partial charge on any atom is 0.0986 e. The third-order valence-electron chi connectivity index (χ3n) is 3.41. The number of rotatable bonds is 5. The standard InChI is InChI=1S/C11H21NO3/c1-12-9-6-10(11(9)13-2)15-7-8-4-3-5-14-8/h8-12H,3-7H2,1-2H3. The Morgan fingerprint density at radius 1 is 1.47 bits per heavy atom. The van der Waals surface area contributed by atoms with Crippen molar-refractivity contribution in [1.82, 2.24) is 5.32 Å². The van der Waals surface area contributed by atoms with Crippen LogP contribution in [0.1, 0.15) is 19.3 Å². The number of likely N-dealkylation sites (N-methyl/N-ethyl adjacent to an activating group) is 1. The van der Waals surface area contributed by atoms with Crippen LogP contribution in [0.4, 0.5) is 0 Å². The molecule has 2 aliphatic rings. The van der Waals surface area contributed by atoms with Gasteiger partial charge in [0, 0.05) is 19.8 Å². The van der Waals surface area contributed by atoms with E-state index in [1.807, 2.05) is 7.05 Å². The largest absolute Gasteiger partial charge is 0.377 e. The Morgan fingerprint density at radius 3 is 2.93 bits per heavy atom. The third kappa shape index (κ3) is 2.50. The summed E-state index contributed by atoms with van der Waals surface area (Å²) in [4.78, 5) is 0. The molecule has 1 saturated carbocycles. The lowest BCUT2D eigenvalue weighted by molar-refractivity contribution is -0.146. The molecular weight excluding hydrogens is 194 g/mol. The lowest BCUT2D eigenvalue weighted by Gasteiger charge is -2.43. The predicted molar refractivity (Wildman–Crippen MR) is 57.0 cm³/mol. The molecule has 0 aromatic carbocycles. The second-order valence-corrected chi connectivity index (χ2v) is 4.34. The van der Waals surface area contributed by atoms with Gasteiger partial charge in [-0.15, -0.1) is 0 Å². The zero-order chi connectivity index (χ0) is 10.7. The molecule has 0 spiro atoms. The van der Waals surface area contributed by atoms with Crippen molar-refractivity contribution < 1.29 is 14.2 Å². The smallest absolute Gasteiger partial charge is 0.0986 e. The van der Waals surface area contributed by atoms with Crippen molar-refractivity contribution in [3.8, 4) is 0 Å². The molecule has 0 amide bonds. The topological polar surface area (TPSA) is 39.7 Å². The number of hydrogen-bond donors (Lipinski definition) is 1. The molecule has 4 unspecified atom stereocenters. The summed E-state index contributed by atoms with van der Waals surface area (Å²) < 4.78 is 16.7. The molecule has 1 aliphatic carbocycles.